The number of amides is 12. The number of aromatic nitrogens is 2. The van der Waals surface area contributed by atoms with Crippen molar-refractivity contribution in [3.8, 4) is 0 Å². The van der Waals surface area contributed by atoms with E-state index in [1.807, 2.05) is 140 Å². The fourth-order valence-corrected chi connectivity index (χ4v) is 16.9. The number of nitrogens with two attached hydrogens (primary N) is 6. The van der Waals surface area contributed by atoms with Crippen molar-refractivity contribution < 1.29 is 57.5 Å². The zero-order valence-corrected chi connectivity index (χ0v) is 79.8. The smallest absolute Gasteiger partial charge is 0.243 e. The first kappa shape index (κ1) is 107. The third-order valence-electron chi connectivity index (χ3n) is 25.2. The van der Waals surface area contributed by atoms with Gasteiger partial charge < -0.3 is 104 Å². The molecule has 0 saturated heterocycles. The van der Waals surface area contributed by atoms with Gasteiger partial charge in [0.1, 0.15) is 26.2 Å². The number of nitrogens with one attached hydrogen (secondary N) is 3. The van der Waals surface area contributed by atoms with Crippen LogP contribution in [-0.2, 0) is 70.4 Å². The Labute approximate surface area is 800 Å². The van der Waals surface area contributed by atoms with Crippen molar-refractivity contribution in [1.29, 1.82) is 0 Å². The fourth-order valence-electron chi connectivity index (χ4n) is 16.9. The van der Waals surface area contributed by atoms with E-state index in [4.69, 9.17) is 34.4 Å². The van der Waals surface area contributed by atoms with Gasteiger partial charge in [-0.1, -0.05) is 188 Å². The molecule has 5 atom stereocenters. The van der Waals surface area contributed by atoms with Gasteiger partial charge in [-0.05, 0) is 202 Å². The molecule has 0 fully saturated rings. The lowest BCUT2D eigenvalue weighted by molar-refractivity contribution is -0.151. The maximum atomic E-state index is 16.1. The largest absolute Gasteiger partial charge is 0.368 e. The second-order valence-corrected chi connectivity index (χ2v) is 34.8. The molecule has 730 valence electrons. The summed E-state index contributed by atoms with van der Waals surface area (Å²) in [7, 11) is 0. The Balaban J connectivity index is 1.01. The Morgan fingerprint density at radius 3 is 0.779 bits per heavy atom. The van der Waals surface area contributed by atoms with Gasteiger partial charge >= 0.3 is 0 Å². The highest BCUT2D eigenvalue weighted by Crippen LogP contribution is 2.30. The fraction of sp³-hybridized carbons (Fsp3) is 0.442. The third kappa shape index (κ3) is 32.4. The van der Waals surface area contributed by atoms with Gasteiger partial charge in [0.05, 0.1) is 82.6 Å². The number of para-hydroxylation sites is 2. The summed E-state index contributed by atoms with van der Waals surface area (Å²) in [6.45, 7) is 5.28. The summed E-state index contributed by atoms with van der Waals surface area (Å²) < 4.78 is 0. The molecule has 9 rings (SSSR count). The van der Waals surface area contributed by atoms with Crippen LogP contribution in [0.3, 0.4) is 0 Å². The molecule has 2 heterocycles. The Morgan fingerprint density at radius 1 is 0.265 bits per heavy atom. The van der Waals surface area contributed by atoms with Crippen LogP contribution in [-0.4, -0.2) is 292 Å². The highest BCUT2D eigenvalue weighted by atomic mass is 16.2. The SMILES string of the molecule is C[C@@H](c1ccccc1)N(CC(N)=O)C(=O)CN(CCCCN)C(=O)CN(CCCCN)C(=O)CN(C(=O)CN(C(=O)CN(CCCCN)C(=O)CN(C(=O)CN(C(=O)CN(CCCCN)C(=O)CN(CCc1c[nH]c2ccccc12)C(=O)CN(CCc1c[nH]c2ccccc12)C(=O)CNCCCCN)[C@@H](C)c1ccccc1)[C@@H](C)c1ccccc1)[C@@H](C)c1ccccc1)[C@@H](C)c1ccccc1. The number of H-pyrrole nitrogens is 2. The molecular formula is C104H142N20O12. The molecule has 0 radical (unpaired) electrons. The van der Waals surface area contributed by atoms with Crippen LogP contribution in [0.5, 0.6) is 0 Å². The molecule has 0 bridgehead atoms. The third-order valence-corrected chi connectivity index (χ3v) is 25.2. The Hall–Kier alpha value is -13.0. The molecule has 0 saturated carbocycles. The van der Waals surface area contributed by atoms with Crippen LogP contribution in [0.1, 0.15) is 168 Å². The van der Waals surface area contributed by atoms with Crippen LogP contribution in [0.4, 0.5) is 0 Å². The number of aromatic amines is 2. The number of carbonyl (C=O) groups is 12. The van der Waals surface area contributed by atoms with Gasteiger partial charge in [-0.2, -0.15) is 0 Å². The molecule has 0 aliphatic rings. The Morgan fingerprint density at radius 2 is 0.493 bits per heavy atom. The van der Waals surface area contributed by atoms with Gasteiger partial charge in [0.15, 0.2) is 0 Å². The van der Waals surface area contributed by atoms with Crippen molar-refractivity contribution >= 4 is 92.7 Å². The molecule has 136 heavy (non-hydrogen) atoms. The van der Waals surface area contributed by atoms with E-state index >= 15 is 38.4 Å². The number of rotatable bonds is 60. The van der Waals surface area contributed by atoms with E-state index in [9.17, 15) is 19.2 Å². The number of benzene rings is 7. The summed E-state index contributed by atoms with van der Waals surface area (Å²) in [6, 6.07) is 56.8. The number of primary amides is 1. The van der Waals surface area contributed by atoms with Crippen LogP contribution >= 0.6 is 0 Å². The van der Waals surface area contributed by atoms with Gasteiger partial charge in [-0.3, -0.25) is 57.5 Å². The number of fused-ring (bicyclic) bond motifs is 2. The van der Waals surface area contributed by atoms with Crippen molar-refractivity contribution in [2.24, 2.45) is 34.4 Å². The quantitative estimate of drug-likeness (QED) is 0.0162. The summed E-state index contributed by atoms with van der Waals surface area (Å²) in [5, 5.41) is 5.15. The molecule has 32 nitrogen and oxygen atoms in total. The van der Waals surface area contributed by atoms with E-state index in [0.29, 0.717) is 106 Å². The second kappa shape index (κ2) is 56.4. The van der Waals surface area contributed by atoms with Crippen LogP contribution in [0, 0.1) is 0 Å². The van der Waals surface area contributed by atoms with Crippen LogP contribution in [0.25, 0.3) is 21.8 Å². The van der Waals surface area contributed by atoms with Crippen molar-refractivity contribution in [2.45, 2.75) is 142 Å². The van der Waals surface area contributed by atoms with Crippen LogP contribution in [0.15, 0.2) is 213 Å². The van der Waals surface area contributed by atoms with E-state index in [1.165, 1.54) is 53.9 Å². The Bertz CT molecular complexity index is 5260. The van der Waals surface area contributed by atoms with Crippen LogP contribution < -0.4 is 39.7 Å². The van der Waals surface area contributed by atoms with E-state index in [0.717, 1.165) is 51.3 Å². The molecule has 2 aromatic heterocycles. The van der Waals surface area contributed by atoms with E-state index < -0.39 is 161 Å². The van der Waals surface area contributed by atoms with Crippen molar-refractivity contribution in [2.75, 3.05) is 157 Å². The van der Waals surface area contributed by atoms with Gasteiger partial charge in [0, 0.05) is 73.5 Å². The maximum Gasteiger partial charge on any atom is 0.243 e. The topological polar surface area (TPSA) is 440 Å². The zero-order chi connectivity index (χ0) is 97.8. The highest BCUT2D eigenvalue weighted by Gasteiger charge is 2.38. The van der Waals surface area contributed by atoms with Crippen molar-refractivity contribution in [1.82, 2.24) is 69.2 Å². The first-order valence-electron chi connectivity index (χ1n) is 47.8. The summed E-state index contributed by atoms with van der Waals surface area (Å²) in [4.78, 5) is 204. The number of unbranched alkanes of at least 4 members (excludes halogenated alkanes) is 5. The van der Waals surface area contributed by atoms with Gasteiger partial charge in [0.25, 0.3) is 0 Å². The minimum absolute atomic E-state index is 0.0289. The summed E-state index contributed by atoms with van der Waals surface area (Å²) >= 11 is 0. The molecule has 0 aliphatic carbocycles. The standard InChI is InChI=1S/C104H142N20O12/c1-77(82-35-11-6-12-36-82)120(66-93(110)125)100(132)70-115(58-32-27-53-107)95(127)67-114(57-31-26-52-106)98(130)73-121(78(2)83-37-13-7-14-38-83)103(135)76-124(81(5)86-43-19-10-20-44-86)102(134)72-117(60-34-29-55-109)99(131)74-122(79(3)84-39-15-8-16-40-84)104(136)75-123(80(4)85-41-17-9-18-42-85)101(133)71-116(59-33-28-54-108)96(128)69-119(62-50-88-64-113-92-48-24-22-46-90(88)92)97(129)68-118(94(126)65-111-56-30-25-51-105)61-49-87-63-112-91-47-23-21-45-89(87)91/h6-24,35-48,63-64,77-81,111-113H,25-34,49-62,65-76,105-109H2,1-5H3,(H2,110,125)/t77-,78-,79-,80-,81-/m0/s1. The Kier molecular flexibility index (Phi) is 44.2. The average molecular weight is 1860 g/mol. The maximum absolute atomic E-state index is 16.1. The van der Waals surface area contributed by atoms with E-state index in [2.05, 4.69) is 15.3 Å². The summed E-state index contributed by atoms with van der Waals surface area (Å²) in [5.74, 6) is -7.21. The van der Waals surface area contributed by atoms with Crippen molar-refractivity contribution in [3.63, 3.8) is 0 Å². The normalized spacial score (nSPS) is 12.3. The number of nitrogens with zero attached hydrogens (tertiary/aromatic N) is 11. The van der Waals surface area contributed by atoms with Gasteiger partial charge in [-0.15, -0.1) is 0 Å². The lowest BCUT2D eigenvalue weighted by Crippen LogP contribution is -2.54. The zero-order valence-electron chi connectivity index (χ0n) is 79.8. The second-order valence-electron chi connectivity index (χ2n) is 34.8. The number of hydrogen-bond acceptors (Lipinski definition) is 18. The average Bonchev–Trinajstić information content (AvgIpc) is 1.31. The molecule has 12 amide bonds. The monoisotopic (exact) mass is 1860 g/mol. The highest BCUT2D eigenvalue weighted by molar-refractivity contribution is 5.96. The minimum atomic E-state index is -0.853. The predicted molar refractivity (Wildman–Crippen MR) is 530 cm³/mol. The molecule has 32 heteroatoms. The lowest BCUT2D eigenvalue weighted by atomic mass is 10.0. The molecule has 0 spiro atoms. The molecule has 0 unspecified atom stereocenters. The number of carbonyl (C=O) groups excluding carboxylic acids is 12. The molecule has 9 aromatic rings. The lowest BCUT2D eigenvalue weighted by Gasteiger charge is -2.37. The van der Waals surface area contributed by atoms with Crippen molar-refractivity contribution in [3.05, 3.63) is 252 Å². The predicted octanol–water partition coefficient (Wildman–Crippen LogP) is 8.12. The first-order valence-corrected chi connectivity index (χ1v) is 47.8. The summed E-state index contributed by atoms with van der Waals surface area (Å²) in [5.41, 5.74) is 42.7. The van der Waals surface area contributed by atoms with Crippen LogP contribution in [0.2, 0.25) is 0 Å². The number of hydrogen-bond donors (Lipinski definition) is 9. The molecular weight excluding hydrogens is 1720 g/mol. The van der Waals surface area contributed by atoms with Gasteiger partial charge in [0.2, 0.25) is 70.9 Å². The van der Waals surface area contributed by atoms with Gasteiger partial charge in [-0.25, -0.2) is 0 Å². The minimum Gasteiger partial charge on any atom is -0.368 e. The van der Waals surface area contributed by atoms with E-state index in [-0.39, 0.29) is 77.9 Å². The first-order chi connectivity index (χ1) is 65.8. The molecule has 15 N–H and O–H groups in total. The van der Waals surface area contributed by atoms with E-state index in [1.54, 1.807) is 107 Å². The molecule has 7 aromatic carbocycles. The molecule has 0 aliphatic heterocycles. The summed E-state index contributed by atoms with van der Waals surface area (Å²) in [6.07, 6.45) is 9.32.